The molecule has 0 saturated carbocycles. The smallest absolute Gasteiger partial charge is 0.320 e. The molecule has 0 aromatic heterocycles. The quantitative estimate of drug-likeness (QED) is 0.747. The fraction of sp³-hybridized carbons (Fsp3) is 0.952. The van der Waals surface area contributed by atoms with E-state index in [1.807, 2.05) is 65.2 Å². The lowest BCUT2D eigenvalue weighted by Crippen LogP contribution is -2.64. The van der Waals surface area contributed by atoms with Gasteiger partial charge in [0.25, 0.3) is 0 Å². The van der Waals surface area contributed by atoms with Crippen LogP contribution in [0.4, 0.5) is 4.79 Å². The number of carbonyl (C=O) groups excluding carboxylic acids is 1. The van der Waals surface area contributed by atoms with Gasteiger partial charge < -0.3 is 20.2 Å². The molecule has 0 bridgehead atoms. The lowest BCUT2D eigenvalue weighted by atomic mass is 9.78. The molecule has 7 heteroatoms. The molecule has 2 amide bonds. The predicted molar refractivity (Wildman–Crippen MR) is 108 cm³/mol. The van der Waals surface area contributed by atoms with E-state index in [4.69, 9.17) is 0 Å². The number of hydrogen-bond acceptors (Lipinski definition) is 5. The average Bonchev–Trinajstić information content (AvgIpc) is 2.90. The Morgan fingerprint density at radius 1 is 0.643 bits per heavy atom. The molecule has 3 aliphatic heterocycles. The SMILES string of the molecule is CC1(C)CC(N2CCN(C3CC(C)(C)N(O)C(C)(C)C3)C2=O)CC(C)(C)N1O. The highest BCUT2D eigenvalue weighted by Gasteiger charge is 2.52. The summed E-state index contributed by atoms with van der Waals surface area (Å²) in [7, 11) is 0. The molecule has 3 rings (SSSR count). The molecule has 0 radical (unpaired) electrons. The van der Waals surface area contributed by atoms with Crippen molar-refractivity contribution in [1.29, 1.82) is 0 Å². The zero-order valence-corrected chi connectivity index (χ0v) is 19.0. The van der Waals surface area contributed by atoms with Gasteiger partial charge in [0.1, 0.15) is 0 Å². The van der Waals surface area contributed by atoms with Gasteiger partial charge in [0.05, 0.1) is 0 Å². The number of piperidine rings is 2. The molecule has 3 fully saturated rings. The fourth-order valence-electron chi connectivity index (χ4n) is 6.13. The molecular formula is C21H40N4O3. The van der Waals surface area contributed by atoms with Gasteiger partial charge in [-0.1, -0.05) is 0 Å². The normalized spacial score (nSPS) is 31.6. The minimum Gasteiger partial charge on any atom is -0.320 e. The molecule has 3 saturated heterocycles. The van der Waals surface area contributed by atoms with E-state index in [-0.39, 0.29) is 40.3 Å². The van der Waals surface area contributed by atoms with Gasteiger partial charge in [-0.05, 0) is 81.1 Å². The summed E-state index contributed by atoms with van der Waals surface area (Å²) < 4.78 is 0. The van der Waals surface area contributed by atoms with Gasteiger partial charge in [0.15, 0.2) is 0 Å². The largest absolute Gasteiger partial charge is 0.320 e. The van der Waals surface area contributed by atoms with E-state index in [0.29, 0.717) is 0 Å². The minimum atomic E-state index is -0.369. The van der Waals surface area contributed by atoms with Crippen LogP contribution in [-0.4, -0.2) is 83.7 Å². The molecule has 28 heavy (non-hydrogen) atoms. The van der Waals surface area contributed by atoms with E-state index in [1.54, 1.807) is 0 Å². The van der Waals surface area contributed by atoms with Crippen molar-refractivity contribution in [3.63, 3.8) is 0 Å². The Labute approximate surface area is 170 Å². The Morgan fingerprint density at radius 2 is 0.893 bits per heavy atom. The first-order valence-corrected chi connectivity index (χ1v) is 10.6. The Hall–Kier alpha value is -0.890. The maximum Gasteiger partial charge on any atom is 0.320 e. The second-order valence-corrected chi connectivity index (χ2v) is 11.7. The van der Waals surface area contributed by atoms with E-state index >= 15 is 0 Å². The van der Waals surface area contributed by atoms with Crippen molar-refractivity contribution in [2.24, 2.45) is 0 Å². The first-order valence-electron chi connectivity index (χ1n) is 10.6. The Bertz CT molecular complexity index is 543. The molecule has 0 spiro atoms. The fourth-order valence-corrected chi connectivity index (χ4v) is 6.13. The number of hydroxylamine groups is 4. The van der Waals surface area contributed by atoms with Gasteiger partial charge in [-0.2, -0.15) is 10.1 Å². The van der Waals surface area contributed by atoms with Crippen LogP contribution < -0.4 is 0 Å². The zero-order chi connectivity index (χ0) is 21.3. The van der Waals surface area contributed by atoms with Crippen molar-refractivity contribution in [3.05, 3.63) is 0 Å². The van der Waals surface area contributed by atoms with Crippen LogP contribution in [-0.2, 0) is 0 Å². The second-order valence-electron chi connectivity index (χ2n) is 11.7. The predicted octanol–water partition coefficient (Wildman–Crippen LogP) is 3.55. The summed E-state index contributed by atoms with van der Waals surface area (Å²) in [5, 5.41) is 24.1. The minimum absolute atomic E-state index is 0.117. The highest BCUT2D eigenvalue weighted by Crippen LogP contribution is 2.42. The van der Waals surface area contributed by atoms with Crippen LogP contribution in [0.25, 0.3) is 0 Å². The van der Waals surface area contributed by atoms with Crippen molar-refractivity contribution >= 4 is 6.03 Å². The van der Waals surface area contributed by atoms with Crippen molar-refractivity contribution in [2.75, 3.05) is 13.1 Å². The molecule has 0 aromatic carbocycles. The molecular weight excluding hydrogens is 356 g/mol. The Balaban J connectivity index is 1.77. The summed E-state index contributed by atoms with van der Waals surface area (Å²) in [6.07, 6.45) is 3.05. The van der Waals surface area contributed by atoms with Crippen LogP contribution in [0.5, 0.6) is 0 Å². The number of amides is 2. The van der Waals surface area contributed by atoms with Gasteiger partial charge in [0.2, 0.25) is 0 Å². The molecule has 7 nitrogen and oxygen atoms in total. The number of urea groups is 1. The van der Waals surface area contributed by atoms with Gasteiger partial charge >= 0.3 is 6.03 Å². The zero-order valence-electron chi connectivity index (χ0n) is 19.0. The van der Waals surface area contributed by atoms with E-state index in [0.717, 1.165) is 38.8 Å². The maximum absolute atomic E-state index is 13.4. The van der Waals surface area contributed by atoms with Crippen LogP contribution in [0.1, 0.15) is 81.1 Å². The second kappa shape index (κ2) is 6.56. The van der Waals surface area contributed by atoms with Crippen LogP contribution in [0, 0.1) is 0 Å². The molecule has 2 N–H and O–H groups in total. The third kappa shape index (κ3) is 3.55. The summed E-state index contributed by atoms with van der Waals surface area (Å²) >= 11 is 0. The van der Waals surface area contributed by atoms with Crippen LogP contribution >= 0.6 is 0 Å². The lowest BCUT2D eigenvalue weighted by molar-refractivity contribution is -0.251. The standard InChI is InChI=1S/C21H40N4O3/c1-18(2)11-15(12-19(3,4)24(18)27)22-9-10-23(17(22)26)16-13-20(5,6)25(28)21(7,8)14-16/h15-16,27-28H,9-14H2,1-8H3. The van der Waals surface area contributed by atoms with E-state index in [9.17, 15) is 15.2 Å². The summed E-state index contributed by atoms with van der Waals surface area (Å²) in [6, 6.07) is 0.376. The number of rotatable bonds is 2. The van der Waals surface area contributed by atoms with Crippen LogP contribution in [0.3, 0.4) is 0 Å². The topological polar surface area (TPSA) is 70.5 Å². The van der Waals surface area contributed by atoms with Crippen molar-refractivity contribution in [2.45, 2.75) is 115 Å². The van der Waals surface area contributed by atoms with Gasteiger partial charge in [-0.3, -0.25) is 0 Å². The highest BCUT2D eigenvalue weighted by molar-refractivity contribution is 5.77. The molecule has 0 aliphatic carbocycles. The molecule has 3 heterocycles. The third-order valence-corrected chi connectivity index (χ3v) is 7.19. The van der Waals surface area contributed by atoms with E-state index in [1.165, 1.54) is 10.1 Å². The number of nitrogens with zero attached hydrogens (tertiary/aromatic N) is 4. The monoisotopic (exact) mass is 396 g/mol. The van der Waals surface area contributed by atoms with Crippen molar-refractivity contribution < 1.29 is 15.2 Å². The van der Waals surface area contributed by atoms with E-state index in [2.05, 4.69) is 0 Å². The molecule has 3 aliphatic rings. The summed E-state index contributed by atoms with van der Waals surface area (Å²) in [6.45, 7) is 17.8. The Morgan fingerprint density at radius 3 is 1.14 bits per heavy atom. The first kappa shape index (κ1) is 21.8. The summed E-state index contributed by atoms with van der Waals surface area (Å²) in [5.41, 5.74) is -1.47. The molecule has 0 aromatic rings. The van der Waals surface area contributed by atoms with Gasteiger partial charge in [0, 0.05) is 47.3 Å². The number of carbonyl (C=O) groups is 1. The first-order chi connectivity index (χ1) is 12.6. The Kier molecular flexibility index (Phi) is 5.11. The van der Waals surface area contributed by atoms with E-state index < -0.39 is 0 Å². The third-order valence-electron chi connectivity index (χ3n) is 7.19. The van der Waals surface area contributed by atoms with Crippen molar-refractivity contribution in [3.8, 4) is 0 Å². The summed E-state index contributed by atoms with van der Waals surface area (Å²) in [5.74, 6) is 0. The molecule has 162 valence electrons. The van der Waals surface area contributed by atoms with Crippen molar-refractivity contribution in [1.82, 2.24) is 19.9 Å². The van der Waals surface area contributed by atoms with Gasteiger partial charge in [-0.25, -0.2) is 4.79 Å². The number of hydrogen-bond donors (Lipinski definition) is 2. The lowest BCUT2D eigenvalue weighted by Gasteiger charge is -2.54. The highest BCUT2D eigenvalue weighted by atomic mass is 16.5. The summed E-state index contributed by atoms with van der Waals surface area (Å²) in [4.78, 5) is 17.5. The van der Waals surface area contributed by atoms with Gasteiger partial charge in [-0.15, -0.1) is 0 Å². The average molecular weight is 397 g/mol. The van der Waals surface area contributed by atoms with Crippen LogP contribution in [0.15, 0.2) is 0 Å². The maximum atomic E-state index is 13.4. The molecule has 0 unspecified atom stereocenters. The molecule has 0 atom stereocenters. The van der Waals surface area contributed by atoms with Crippen LogP contribution in [0.2, 0.25) is 0 Å².